The molecule has 1 rings (SSSR count). The lowest BCUT2D eigenvalue weighted by molar-refractivity contribution is 0.205. The van der Waals surface area contributed by atoms with Crippen LogP contribution in [0.25, 0.3) is 0 Å². The van der Waals surface area contributed by atoms with E-state index >= 15 is 0 Å². The zero-order valence-corrected chi connectivity index (χ0v) is 9.68. The highest BCUT2D eigenvalue weighted by Gasteiger charge is 2.23. The molecule has 1 aliphatic rings. The molecular formula is C13H26. The largest absolute Gasteiger partial charge is 0.0654 e. The zero-order valence-electron chi connectivity index (χ0n) is 9.68. The van der Waals surface area contributed by atoms with E-state index in [1.807, 2.05) is 0 Å². The summed E-state index contributed by atoms with van der Waals surface area (Å²) in [5.41, 5.74) is 0. The molecule has 0 aliphatic heterocycles. The van der Waals surface area contributed by atoms with E-state index in [-0.39, 0.29) is 0 Å². The van der Waals surface area contributed by atoms with Gasteiger partial charge in [0, 0.05) is 0 Å². The molecule has 0 unspecified atom stereocenters. The third kappa shape index (κ3) is 3.70. The molecule has 1 fully saturated rings. The molecule has 0 aromatic rings. The highest BCUT2D eigenvalue weighted by molar-refractivity contribution is 4.74. The lowest BCUT2D eigenvalue weighted by Gasteiger charge is -2.31. The fourth-order valence-corrected chi connectivity index (χ4v) is 2.76. The molecule has 0 nitrogen and oxygen atoms in total. The van der Waals surface area contributed by atoms with Crippen molar-refractivity contribution in [2.45, 2.75) is 65.7 Å². The lowest BCUT2D eigenvalue weighted by atomic mass is 9.75. The van der Waals surface area contributed by atoms with Crippen molar-refractivity contribution in [3.63, 3.8) is 0 Å². The smallest absolute Gasteiger partial charge is 0.0386 e. The van der Waals surface area contributed by atoms with Crippen LogP contribution in [0.15, 0.2) is 0 Å². The molecule has 0 aromatic carbocycles. The Labute approximate surface area is 84.1 Å². The van der Waals surface area contributed by atoms with Gasteiger partial charge in [0.05, 0.1) is 0 Å². The average Bonchev–Trinajstić information content (AvgIpc) is 2.14. The maximum atomic E-state index is 2.47. The first-order valence-electron chi connectivity index (χ1n) is 6.24. The molecule has 0 bridgehead atoms. The first-order valence-corrected chi connectivity index (χ1v) is 6.24. The maximum absolute atomic E-state index is 2.47. The first-order chi connectivity index (χ1) is 6.24. The molecule has 0 amide bonds. The molecule has 0 radical (unpaired) electrons. The van der Waals surface area contributed by atoms with Crippen LogP contribution in [-0.4, -0.2) is 0 Å². The predicted molar refractivity (Wildman–Crippen MR) is 59.8 cm³/mol. The summed E-state index contributed by atoms with van der Waals surface area (Å²) in [7, 11) is 0. The van der Waals surface area contributed by atoms with E-state index in [1.54, 1.807) is 0 Å². The molecular weight excluding hydrogens is 156 g/mol. The van der Waals surface area contributed by atoms with Gasteiger partial charge >= 0.3 is 0 Å². The molecule has 0 spiro atoms. The van der Waals surface area contributed by atoms with E-state index in [4.69, 9.17) is 0 Å². The van der Waals surface area contributed by atoms with Gasteiger partial charge in [-0.1, -0.05) is 59.3 Å². The number of rotatable bonds is 4. The Morgan fingerprint density at radius 2 is 2.08 bits per heavy atom. The fourth-order valence-electron chi connectivity index (χ4n) is 2.76. The summed E-state index contributed by atoms with van der Waals surface area (Å²) >= 11 is 0. The van der Waals surface area contributed by atoms with E-state index in [1.165, 1.54) is 44.9 Å². The van der Waals surface area contributed by atoms with E-state index in [0.29, 0.717) is 0 Å². The summed E-state index contributed by atoms with van der Waals surface area (Å²) in [6.07, 6.45) is 10.3. The van der Waals surface area contributed by atoms with Crippen LogP contribution in [0.5, 0.6) is 0 Å². The minimum Gasteiger partial charge on any atom is -0.0654 e. The van der Waals surface area contributed by atoms with Crippen LogP contribution < -0.4 is 0 Å². The van der Waals surface area contributed by atoms with Crippen LogP contribution in [-0.2, 0) is 0 Å². The topological polar surface area (TPSA) is 0 Å². The van der Waals surface area contributed by atoms with Crippen LogP contribution in [0.2, 0.25) is 0 Å². The van der Waals surface area contributed by atoms with Gasteiger partial charge in [-0.2, -0.15) is 0 Å². The van der Waals surface area contributed by atoms with Crippen LogP contribution in [0.3, 0.4) is 0 Å². The summed E-state index contributed by atoms with van der Waals surface area (Å²) in [6.45, 7) is 7.20. The van der Waals surface area contributed by atoms with Gasteiger partial charge in [0.2, 0.25) is 0 Å². The highest BCUT2D eigenvalue weighted by Crippen LogP contribution is 2.35. The second kappa shape index (κ2) is 5.67. The van der Waals surface area contributed by atoms with Crippen molar-refractivity contribution in [3.8, 4) is 0 Å². The Balaban J connectivity index is 2.24. The van der Waals surface area contributed by atoms with Crippen molar-refractivity contribution in [3.05, 3.63) is 0 Å². The van der Waals surface area contributed by atoms with Crippen LogP contribution in [0.4, 0.5) is 0 Å². The normalized spacial score (nSPS) is 31.6. The summed E-state index contributed by atoms with van der Waals surface area (Å²) in [5.74, 6) is 3.04. The first kappa shape index (κ1) is 11.1. The summed E-state index contributed by atoms with van der Waals surface area (Å²) in [6, 6.07) is 0. The van der Waals surface area contributed by atoms with E-state index in [2.05, 4.69) is 20.8 Å². The van der Waals surface area contributed by atoms with Gasteiger partial charge in [-0.15, -0.1) is 0 Å². The van der Waals surface area contributed by atoms with Crippen molar-refractivity contribution in [1.82, 2.24) is 0 Å². The number of unbranched alkanes of at least 4 members (excludes halogenated alkanes) is 1. The average molecular weight is 182 g/mol. The van der Waals surface area contributed by atoms with Gasteiger partial charge < -0.3 is 0 Å². The molecule has 1 aliphatic carbocycles. The third-order valence-electron chi connectivity index (χ3n) is 3.79. The standard InChI is InChI=1S/C13H26/c1-4-5-8-12(3)13-9-6-7-11(2)10-13/h11-13H,4-10H2,1-3H3/t11-,12-,13-/m0/s1. The fraction of sp³-hybridized carbons (Fsp3) is 1.00. The molecule has 0 N–H and O–H groups in total. The van der Waals surface area contributed by atoms with Crippen molar-refractivity contribution in [2.24, 2.45) is 17.8 Å². The SMILES string of the molecule is CCCC[C@H](C)[C@H]1CCC[C@H](C)C1. The highest BCUT2D eigenvalue weighted by atomic mass is 14.3. The Hall–Kier alpha value is 0. The van der Waals surface area contributed by atoms with E-state index in [0.717, 1.165) is 17.8 Å². The monoisotopic (exact) mass is 182 g/mol. The van der Waals surface area contributed by atoms with E-state index in [9.17, 15) is 0 Å². The van der Waals surface area contributed by atoms with Crippen molar-refractivity contribution in [1.29, 1.82) is 0 Å². The Kier molecular flexibility index (Phi) is 4.83. The Bertz CT molecular complexity index is 128. The minimum atomic E-state index is 0.989. The predicted octanol–water partition coefficient (Wildman–Crippen LogP) is 4.64. The number of hydrogen-bond donors (Lipinski definition) is 0. The van der Waals surface area contributed by atoms with Crippen LogP contribution in [0.1, 0.15) is 65.7 Å². The quantitative estimate of drug-likeness (QED) is 0.594. The molecule has 0 heterocycles. The number of hydrogen-bond acceptors (Lipinski definition) is 0. The second-order valence-corrected chi connectivity index (χ2v) is 5.15. The van der Waals surface area contributed by atoms with Crippen molar-refractivity contribution in [2.75, 3.05) is 0 Å². The zero-order chi connectivity index (χ0) is 9.68. The molecule has 0 aromatic heterocycles. The molecule has 3 atom stereocenters. The van der Waals surface area contributed by atoms with Crippen LogP contribution >= 0.6 is 0 Å². The summed E-state index contributed by atoms with van der Waals surface area (Å²) < 4.78 is 0. The lowest BCUT2D eigenvalue weighted by Crippen LogP contribution is -2.19. The van der Waals surface area contributed by atoms with Crippen molar-refractivity contribution < 1.29 is 0 Å². The molecule has 1 saturated carbocycles. The van der Waals surface area contributed by atoms with Gasteiger partial charge in [0.15, 0.2) is 0 Å². The summed E-state index contributed by atoms with van der Waals surface area (Å²) in [5, 5.41) is 0. The Morgan fingerprint density at radius 1 is 1.31 bits per heavy atom. The minimum absolute atomic E-state index is 0.989. The van der Waals surface area contributed by atoms with Gasteiger partial charge in [-0.05, 0) is 24.2 Å². The molecule has 0 saturated heterocycles. The third-order valence-corrected chi connectivity index (χ3v) is 3.79. The summed E-state index contributed by atoms with van der Waals surface area (Å²) in [4.78, 5) is 0. The molecule has 78 valence electrons. The second-order valence-electron chi connectivity index (χ2n) is 5.15. The van der Waals surface area contributed by atoms with Crippen molar-refractivity contribution >= 4 is 0 Å². The van der Waals surface area contributed by atoms with Gasteiger partial charge in [0.25, 0.3) is 0 Å². The van der Waals surface area contributed by atoms with Gasteiger partial charge in [0.1, 0.15) is 0 Å². The molecule has 13 heavy (non-hydrogen) atoms. The van der Waals surface area contributed by atoms with Gasteiger partial charge in [-0.25, -0.2) is 0 Å². The maximum Gasteiger partial charge on any atom is -0.0386 e. The van der Waals surface area contributed by atoms with Gasteiger partial charge in [-0.3, -0.25) is 0 Å². The van der Waals surface area contributed by atoms with Crippen LogP contribution in [0, 0.1) is 17.8 Å². The molecule has 0 heteroatoms. The Morgan fingerprint density at radius 3 is 2.69 bits per heavy atom. The van der Waals surface area contributed by atoms with E-state index < -0.39 is 0 Å².